The Labute approximate surface area is 380 Å². The Bertz CT molecular complexity index is 1490. The SMILES string of the molecule is CCCCCCCCOC1OC(C)C(OC(=O)CCCCC)C(OC2OC(C)C(OC(C)=O)C(OC3OC(C)C(OC(C)=O)C(OC4OC(C)C(O)C(O)C4O)C3O)C2OC(C)=O)C1O. The number of aliphatic hydroxyl groups excluding tert-OH is 5. The molecule has 0 aromatic carbocycles. The first-order valence-corrected chi connectivity index (χ1v) is 23.1. The van der Waals surface area contributed by atoms with Crippen LogP contribution in [0.5, 0.6) is 0 Å². The molecule has 0 saturated carbocycles. The van der Waals surface area contributed by atoms with Crippen molar-refractivity contribution in [3.63, 3.8) is 0 Å². The zero-order valence-corrected chi connectivity index (χ0v) is 39.1. The van der Waals surface area contributed by atoms with E-state index in [1.807, 2.05) is 6.92 Å². The smallest absolute Gasteiger partial charge is 0.306 e. The summed E-state index contributed by atoms with van der Waals surface area (Å²) in [5.41, 5.74) is 0. The molecule has 21 nitrogen and oxygen atoms in total. The van der Waals surface area contributed by atoms with Gasteiger partial charge in [0.05, 0.1) is 24.4 Å². The minimum absolute atomic E-state index is 0.0867. The van der Waals surface area contributed by atoms with Gasteiger partial charge in [-0.15, -0.1) is 0 Å². The first-order valence-electron chi connectivity index (χ1n) is 23.1. The second kappa shape index (κ2) is 26.2. The van der Waals surface area contributed by atoms with E-state index >= 15 is 0 Å². The predicted octanol–water partition coefficient (Wildman–Crippen LogP) is 1.59. The van der Waals surface area contributed by atoms with Gasteiger partial charge in [-0.25, -0.2) is 0 Å². The first-order chi connectivity index (χ1) is 30.8. The van der Waals surface area contributed by atoms with Crippen LogP contribution < -0.4 is 0 Å². The summed E-state index contributed by atoms with van der Waals surface area (Å²) < 4.78 is 71.7. The molecule has 4 saturated heterocycles. The van der Waals surface area contributed by atoms with Gasteiger partial charge in [-0.2, -0.15) is 0 Å². The first kappa shape index (κ1) is 55.0. The maximum absolute atomic E-state index is 13.2. The molecule has 0 spiro atoms. The van der Waals surface area contributed by atoms with Crippen molar-refractivity contribution in [1.82, 2.24) is 0 Å². The van der Waals surface area contributed by atoms with Crippen molar-refractivity contribution in [2.45, 2.75) is 249 Å². The number of unbranched alkanes of at least 4 members (excludes halogenated alkanes) is 7. The largest absolute Gasteiger partial charge is 0.457 e. The second-order valence-corrected chi connectivity index (χ2v) is 17.4. The van der Waals surface area contributed by atoms with Gasteiger partial charge >= 0.3 is 23.9 Å². The van der Waals surface area contributed by atoms with Crippen molar-refractivity contribution >= 4 is 23.9 Å². The van der Waals surface area contributed by atoms with Gasteiger partial charge in [0.25, 0.3) is 0 Å². The van der Waals surface area contributed by atoms with Crippen molar-refractivity contribution in [3.05, 3.63) is 0 Å². The van der Waals surface area contributed by atoms with Gasteiger partial charge < -0.3 is 82.4 Å². The van der Waals surface area contributed by atoms with Crippen molar-refractivity contribution in [2.24, 2.45) is 0 Å². The maximum atomic E-state index is 13.2. The van der Waals surface area contributed by atoms with Crippen LogP contribution in [0.1, 0.15) is 127 Å². The molecule has 65 heavy (non-hydrogen) atoms. The van der Waals surface area contributed by atoms with E-state index in [0.717, 1.165) is 65.7 Å². The molecule has 4 aliphatic heterocycles. The van der Waals surface area contributed by atoms with Crippen LogP contribution in [0, 0.1) is 0 Å². The molecule has 20 unspecified atom stereocenters. The van der Waals surface area contributed by atoms with Gasteiger partial charge in [0.1, 0.15) is 48.8 Å². The van der Waals surface area contributed by atoms with Crippen LogP contribution >= 0.6 is 0 Å². The number of hydrogen-bond donors (Lipinski definition) is 5. The van der Waals surface area contributed by atoms with Gasteiger partial charge in [0.15, 0.2) is 49.6 Å². The van der Waals surface area contributed by atoms with Gasteiger partial charge in [0, 0.05) is 33.8 Å². The Morgan fingerprint density at radius 2 is 0.831 bits per heavy atom. The van der Waals surface area contributed by atoms with Crippen LogP contribution in [-0.4, -0.2) is 179 Å². The Hall–Kier alpha value is -2.64. The van der Waals surface area contributed by atoms with E-state index in [9.17, 15) is 44.7 Å². The highest BCUT2D eigenvalue weighted by Gasteiger charge is 2.58. The average Bonchev–Trinajstić information content (AvgIpc) is 3.23. The summed E-state index contributed by atoms with van der Waals surface area (Å²) in [5, 5.41) is 55.3. The monoisotopic (exact) mass is 938 g/mol. The van der Waals surface area contributed by atoms with Crippen LogP contribution in [-0.2, 0) is 76.0 Å². The Morgan fingerprint density at radius 1 is 0.415 bits per heavy atom. The van der Waals surface area contributed by atoms with Gasteiger partial charge in [-0.05, 0) is 40.5 Å². The molecule has 376 valence electrons. The van der Waals surface area contributed by atoms with Gasteiger partial charge in [0.2, 0.25) is 0 Å². The molecule has 0 aromatic rings. The van der Waals surface area contributed by atoms with Crippen LogP contribution in [0.3, 0.4) is 0 Å². The van der Waals surface area contributed by atoms with Crippen LogP contribution in [0.4, 0.5) is 0 Å². The third-order valence-corrected chi connectivity index (χ3v) is 11.8. The Morgan fingerprint density at radius 3 is 1.42 bits per heavy atom. The fourth-order valence-corrected chi connectivity index (χ4v) is 8.37. The van der Waals surface area contributed by atoms with Crippen molar-refractivity contribution < 1.29 is 102 Å². The number of carbonyl (C=O) groups excluding carboxylic acids is 4. The van der Waals surface area contributed by atoms with Crippen LogP contribution in [0.25, 0.3) is 0 Å². The van der Waals surface area contributed by atoms with Gasteiger partial charge in [-0.3, -0.25) is 19.2 Å². The molecule has 4 heterocycles. The molecule has 5 N–H and O–H groups in total. The van der Waals surface area contributed by atoms with Crippen molar-refractivity contribution in [3.8, 4) is 0 Å². The summed E-state index contributed by atoms with van der Waals surface area (Å²) in [7, 11) is 0. The zero-order chi connectivity index (χ0) is 48.1. The topological polar surface area (TPSA) is 280 Å². The lowest BCUT2D eigenvalue weighted by molar-refractivity contribution is -0.385. The quantitative estimate of drug-likeness (QED) is 0.0585. The summed E-state index contributed by atoms with van der Waals surface area (Å²) in [4.78, 5) is 50.9. The van der Waals surface area contributed by atoms with E-state index in [1.165, 1.54) is 20.8 Å². The maximum Gasteiger partial charge on any atom is 0.306 e. The summed E-state index contributed by atoms with van der Waals surface area (Å²) >= 11 is 0. The second-order valence-electron chi connectivity index (χ2n) is 17.4. The summed E-state index contributed by atoms with van der Waals surface area (Å²) in [6.07, 6.45) is -20.9. The summed E-state index contributed by atoms with van der Waals surface area (Å²) in [6, 6.07) is 0. The number of esters is 4. The van der Waals surface area contributed by atoms with E-state index in [4.69, 9.17) is 56.8 Å². The third kappa shape index (κ3) is 15.2. The highest BCUT2D eigenvalue weighted by atomic mass is 16.8. The molecule has 20 atom stereocenters. The molecular weight excluding hydrogens is 864 g/mol. The molecule has 21 heteroatoms. The number of hydrogen-bond acceptors (Lipinski definition) is 21. The molecule has 0 aliphatic carbocycles. The lowest BCUT2D eigenvalue weighted by atomic mass is 9.95. The van der Waals surface area contributed by atoms with Crippen LogP contribution in [0.2, 0.25) is 0 Å². The zero-order valence-electron chi connectivity index (χ0n) is 39.1. The number of carbonyl (C=O) groups is 4. The minimum atomic E-state index is -1.90. The van der Waals surface area contributed by atoms with E-state index in [2.05, 4.69) is 6.92 Å². The Balaban J connectivity index is 1.68. The van der Waals surface area contributed by atoms with E-state index in [1.54, 1.807) is 6.92 Å². The average molecular weight is 939 g/mol. The number of ether oxygens (including phenoxy) is 12. The predicted molar refractivity (Wildman–Crippen MR) is 222 cm³/mol. The standard InChI is InChI=1S/C44H74O21/c1-10-12-14-15-16-18-20-54-41-32(52)37(35(23(5)56-41)62-28(48)19-17-13-11-2)64-44-40(61-27(9)47)39(36(24(6)58-44)60-26(8)46)65-43-33(53)38(34(22(4)57-43)59-25(7)45)63-42-31(51)30(50)29(49)21(3)55-42/h21-24,29-44,49-53H,10-20H2,1-9H3. The van der Waals surface area contributed by atoms with Crippen molar-refractivity contribution in [2.75, 3.05) is 6.61 Å². The summed E-state index contributed by atoms with van der Waals surface area (Å²) in [5.74, 6) is -3.01. The lowest BCUT2D eigenvalue weighted by Crippen LogP contribution is -2.67. The number of rotatable bonds is 22. The highest BCUT2D eigenvalue weighted by Crippen LogP contribution is 2.37. The third-order valence-electron chi connectivity index (χ3n) is 11.8. The van der Waals surface area contributed by atoms with E-state index in [-0.39, 0.29) is 13.0 Å². The highest BCUT2D eigenvalue weighted by molar-refractivity contribution is 5.69. The molecule has 4 rings (SSSR count). The Kier molecular flexibility index (Phi) is 22.2. The van der Waals surface area contributed by atoms with E-state index < -0.39 is 147 Å². The number of aliphatic hydroxyl groups is 5. The molecular formula is C44H74O21. The fraction of sp³-hybridized carbons (Fsp3) is 0.909. The normalized spacial score (nSPS) is 39.8. The van der Waals surface area contributed by atoms with Gasteiger partial charge in [-0.1, -0.05) is 58.8 Å². The van der Waals surface area contributed by atoms with Crippen molar-refractivity contribution in [1.29, 1.82) is 0 Å². The molecule has 4 aliphatic rings. The fourth-order valence-electron chi connectivity index (χ4n) is 8.37. The molecule has 0 radical (unpaired) electrons. The molecule has 0 amide bonds. The summed E-state index contributed by atoms with van der Waals surface area (Å²) in [6.45, 7) is 13.7. The molecule has 0 bridgehead atoms. The molecule has 4 fully saturated rings. The lowest BCUT2D eigenvalue weighted by Gasteiger charge is -2.50. The molecule has 0 aromatic heterocycles. The van der Waals surface area contributed by atoms with Crippen LogP contribution in [0.15, 0.2) is 0 Å². The van der Waals surface area contributed by atoms with E-state index in [0.29, 0.717) is 12.8 Å². The minimum Gasteiger partial charge on any atom is -0.457 e.